The Hall–Kier alpha value is -0.710. The molecular weight excluding hydrogens is 284 g/mol. The van der Waals surface area contributed by atoms with Gasteiger partial charge in [0.15, 0.2) is 0 Å². The molecule has 1 rings (SSSR count). The van der Waals surface area contributed by atoms with E-state index < -0.39 is 0 Å². The Labute approximate surface area is 133 Å². The van der Waals surface area contributed by atoms with E-state index in [1.54, 1.807) is 11.8 Å². The lowest BCUT2D eigenvalue weighted by atomic mass is 10.1. The van der Waals surface area contributed by atoms with Crippen LogP contribution in [0.25, 0.3) is 0 Å². The third kappa shape index (κ3) is 5.20. The molecule has 0 aromatic carbocycles. The molecule has 0 aromatic rings. The fourth-order valence-electron chi connectivity index (χ4n) is 2.37. The summed E-state index contributed by atoms with van der Waals surface area (Å²) in [4.78, 5) is 26.8. The summed E-state index contributed by atoms with van der Waals surface area (Å²) in [5, 5.41) is 3.11. The molecule has 2 unspecified atom stereocenters. The number of nitrogens with one attached hydrogen (secondary N) is 1. The number of hydrogen-bond acceptors (Lipinski definition) is 3. The third-order valence-electron chi connectivity index (χ3n) is 3.50. The van der Waals surface area contributed by atoms with Crippen LogP contribution in [-0.4, -0.2) is 40.4 Å². The SMILES string of the molecule is CC(C)CNC(=O)C1CSC(CC(C)C)N1C(=O)C(C)C. The van der Waals surface area contributed by atoms with Crippen LogP contribution in [0.2, 0.25) is 0 Å². The third-order valence-corrected chi connectivity index (χ3v) is 4.81. The van der Waals surface area contributed by atoms with E-state index in [1.165, 1.54) is 0 Å². The predicted octanol–water partition coefficient (Wildman–Crippen LogP) is 2.73. The zero-order valence-electron chi connectivity index (χ0n) is 14.2. The summed E-state index contributed by atoms with van der Waals surface area (Å²) in [6, 6.07) is -0.313. The molecule has 1 N–H and O–H groups in total. The molecule has 1 heterocycles. The molecular formula is C16H30N2O2S. The van der Waals surface area contributed by atoms with Crippen LogP contribution in [0.3, 0.4) is 0 Å². The Kier molecular flexibility index (Phi) is 7.04. The highest BCUT2D eigenvalue weighted by Gasteiger charge is 2.41. The van der Waals surface area contributed by atoms with E-state index in [0.717, 1.165) is 6.42 Å². The average Bonchev–Trinajstić information content (AvgIpc) is 2.77. The Bertz CT molecular complexity index is 369. The van der Waals surface area contributed by atoms with Crippen molar-refractivity contribution in [3.8, 4) is 0 Å². The number of carbonyl (C=O) groups is 2. The number of nitrogens with zero attached hydrogens (tertiary/aromatic N) is 1. The lowest BCUT2D eigenvalue weighted by molar-refractivity contribution is -0.142. The first-order valence-electron chi connectivity index (χ1n) is 7.95. The highest BCUT2D eigenvalue weighted by Crippen LogP contribution is 2.34. The van der Waals surface area contributed by atoms with Crippen LogP contribution in [-0.2, 0) is 9.59 Å². The smallest absolute Gasteiger partial charge is 0.243 e. The molecule has 1 aliphatic heterocycles. The fraction of sp³-hybridized carbons (Fsp3) is 0.875. The first-order valence-corrected chi connectivity index (χ1v) is 9.00. The van der Waals surface area contributed by atoms with Gasteiger partial charge in [-0.2, -0.15) is 0 Å². The van der Waals surface area contributed by atoms with Crippen molar-refractivity contribution in [2.45, 2.75) is 59.4 Å². The molecule has 5 heteroatoms. The Morgan fingerprint density at radius 1 is 1.14 bits per heavy atom. The number of rotatable bonds is 6. The number of carbonyl (C=O) groups excluding carboxylic acids is 2. The summed E-state index contributed by atoms with van der Waals surface area (Å²) < 4.78 is 0. The summed E-state index contributed by atoms with van der Waals surface area (Å²) >= 11 is 1.74. The van der Waals surface area contributed by atoms with Gasteiger partial charge < -0.3 is 10.2 Å². The van der Waals surface area contributed by atoms with Crippen molar-refractivity contribution in [3.05, 3.63) is 0 Å². The van der Waals surface area contributed by atoms with Crippen molar-refractivity contribution in [1.82, 2.24) is 10.2 Å². The van der Waals surface area contributed by atoms with Gasteiger partial charge in [0.05, 0.1) is 5.37 Å². The van der Waals surface area contributed by atoms with E-state index in [-0.39, 0.29) is 29.1 Å². The van der Waals surface area contributed by atoms with E-state index in [1.807, 2.05) is 18.7 Å². The molecule has 0 bridgehead atoms. The van der Waals surface area contributed by atoms with Crippen LogP contribution in [0.1, 0.15) is 48.0 Å². The highest BCUT2D eigenvalue weighted by atomic mass is 32.2. The molecule has 2 amide bonds. The van der Waals surface area contributed by atoms with E-state index in [9.17, 15) is 9.59 Å². The first kappa shape index (κ1) is 18.3. The van der Waals surface area contributed by atoms with Gasteiger partial charge in [-0.15, -0.1) is 11.8 Å². The molecule has 4 nitrogen and oxygen atoms in total. The van der Waals surface area contributed by atoms with Crippen molar-refractivity contribution < 1.29 is 9.59 Å². The topological polar surface area (TPSA) is 49.4 Å². The van der Waals surface area contributed by atoms with Gasteiger partial charge in [0.2, 0.25) is 11.8 Å². The fourth-order valence-corrected chi connectivity index (χ4v) is 4.02. The summed E-state index contributed by atoms with van der Waals surface area (Å²) in [6.07, 6.45) is 0.942. The van der Waals surface area contributed by atoms with Crippen molar-refractivity contribution >= 4 is 23.6 Å². The summed E-state index contributed by atoms with van der Waals surface area (Å²) in [5.41, 5.74) is 0. The van der Waals surface area contributed by atoms with Crippen LogP contribution in [0.5, 0.6) is 0 Å². The van der Waals surface area contributed by atoms with Crippen LogP contribution >= 0.6 is 11.8 Å². The first-order chi connectivity index (χ1) is 9.73. The van der Waals surface area contributed by atoms with Crippen molar-refractivity contribution in [1.29, 1.82) is 0 Å². The largest absolute Gasteiger partial charge is 0.354 e. The van der Waals surface area contributed by atoms with Gasteiger partial charge in [0.25, 0.3) is 0 Å². The van der Waals surface area contributed by atoms with E-state index in [0.29, 0.717) is 24.1 Å². The second-order valence-corrected chi connectivity index (χ2v) is 8.18. The molecule has 1 saturated heterocycles. The lowest BCUT2D eigenvalue weighted by Crippen LogP contribution is -2.51. The van der Waals surface area contributed by atoms with E-state index in [4.69, 9.17) is 0 Å². The minimum Gasteiger partial charge on any atom is -0.354 e. The Balaban J connectivity index is 2.81. The van der Waals surface area contributed by atoms with Gasteiger partial charge in [-0.05, 0) is 18.3 Å². The van der Waals surface area contributed by atoms with Crippen molar-refractivity contribution in [2.24, 2.45) is 17.8 Å². The molecule has 1 fully saturated rings. The van der Waals surface area contributed by atoms with Crippen LogP contribution in [0, 0.1) is 17.8 Å². The van der Waals surface area contributed by atoms with E-state index in [2.05, 4.69) is 33.0 Å². The summed E-state index contributed by atoms with van der Waals surface area (Å²) in [7, 11) is 0. The normalized spacial score (nSPS) is 22.4. The maximum Gasteiger partial charge on any atom is 0.243 e. The quantitative estimate of drug-likeness (QED) is 0.820. The second-order valence-electron chi connectivity index (χ2n) is 6.97. The average molecular weight is 314 g/mol. The van der Waals surface area contributed by atoms with Crippen LogP contribution in [0.4, 0.5) is 0 Å². The molecule has 0 aliphatic carbocycles. The molecule has 0 spiro atoms. The van der Waals surface area contributed by atoms with Gasteiger partial charge >= 0.3 is 0 Å². The lowest BCUT2D eigenvalue weighted by Gasteiger charge is -2.31. The highest BCUT2D eigenvalue weighted by molar-refractivity contribution is 8.00. The summed E-state index contributed by atoms with van der Waals surface area (Å²) in [6.45, 7) is 12.9. The minimum atomic E-state index is -0.313. The molecule has 0 radical (unpaired) electrons. The van der Waals surface area contributed by atoms with Crippen molar-refractivity contribution in [2.75, 3.05) is 12.3 Å². The van der Waals surface area contributed by atoms with Crippen molar-refractivity contribution in [3.63, 3.8) is 0 Å². The Morgan fingerprint density at radius 3 is 2.24 bits per heavy atom. The standard InChI is InChI=1S/C16H30N2O2S/c1-10(2)7-14-18(16(20)12(5)6)13(9-21-14)15(19)17-8-11(3)4/h10-14H,7-9H2,1-6H3,(H,17,19). The number of hydrogen-bond donors (Lipinski definition) is 1. The molecule has 1 aliphatic rings. The number of amides is 2. The zero-order chi connectivity index (χ0) is 16.2. The Morgan fingerprint density at radius 2 is 1.76 bits per heavy atom. The number of thioether (sulfide) groups is 1. The molecule has 122 valence electrons. The van der Waals surface area contributed by atoms with Crippen LogP contribution in [0.15, 0.2) is 0 Å². The second kappa shape index (κ2) is 8.06. The zero-order valence-corrected chi connectivity index (χ0v) is 15.0. The van der Waals surface area contributed by atoms with Gasteiger partial charge in [-0.3, -0.25) is 9.59 Å². The van der Waals surface area contributed by atoms with Gasteiger partial charge in [0.1, 0.15) is 6.04 Å². The van der Waals surface area contributed by atoms with Gasteiger partial charge in [-0.25, -0.2) is 0 Å². The maximum atomic E-state index is 12.5. The molecule has 21 heavy (non-hydrogen) atoms. The monoisotopic (exact) mass is 314 g/mol. The van der Waals surface area contributed by atoms with E-state index >= 15 is 0 Å². The van der Waals surface area contributed by atoms with Gasteiger partial charge in [0, 0.05) is 18.2 Å². The predicted molar refractivity (Wildman–Crippen MR) is 89.0 cm³/mol. The molecule has 0 saturated carbocycles. The maximum absolute atomic E-state index is 12.5. The summed E-state index contributed by atoms with van der Waals surface area (Å²) in [5.74, 6) is 1.66. The minimum absolute atomic E-state index is 0.00328. The van der Waals surface area contributed by atoms with Crippen LogP contribution < -0.4 is 5.32 Å². The molecule has 2 atom stereocenters. The van der Waals surface area contributed by atoms with Gasteiger partial charge in [-0.1, -0.05) is 41.5 Å². The molecule has 0 aromatic heterocycles.